The van der Waals surface area contributed by atoms with Gasteiger partial charge in [0.25, 0.3) is 0 Å². The Morgan fingerprint density at radius 2 is 2.22 bits per heavy atom. The van der Waals surface area contributed by atoms with E-state index in [0.29, 0.717) is 0 Å². The largest absolute Gasteiger partial charge is 0.402 e. The van der Waals surface area contributed by atoms with Crippen molar-refractivity contribution in [2.24, 2.45) is 5.73 Å². The van der Waals surface area contributed by atoms with Crippen LogP contribution >= 0.6 is 0 Å². The molecule has 0 aliphatic carbocycles. The van der Waals surface area contributed by atoms with E-state index in [1.54, 1.807) is 0 Å². The zero-order chi connectivity index (χ0) is 7.28. The van der Waals surface area contributed by atoms with Crippen LogP contribution in [0.4, 0.5) is 0 Å². The van der Waals surface area contributed by atoms with Gasteiger partial charge in [-0.15, -0.1) is 6.58 Å². The molecular weight excluding hydrogens is 110 g/mol. The highest BCUT2D eigenvalue weighted by molar-refractivity contribution is 5.19. The van der Waals surface area contributed by atoms with Crippen LogP contribution in [-0.2, 0) is 0 Å². The molecule has 0 amide bonds. The van der Waals surface area contributed by atoms with Crippen molar-refractivity contribution in [3.8, 4) is 0 Å². The third-order valence-corrected chi connectivity index (χ3v) is 0.838. The maximum Gasteiger partial charge on any atom is 0.00515 e. The van der Waals surface area contributed by atoms with E-state index in [2.05, 4.69) is 13.2 Å². The topological polar surface area (TPSA) is 26.0 Å². The van der Waals surface area contributed by atoms with Crippen LogP contribution in [-0.4, -0.2) is 0 Å². The van der Waals surface area contributed by atoms with Crippen molar-refractivity contribution in [1.82, 2.24) is 0 Å². The zero-order valence-corrected chi connectivity index (χ0v) is 5.85. The minimum absolute atomic E-state index is 0.793. The van der Waals surface area contributed by atoms with Crippen molar-refractivity contribution in [2.75, 3.05) is 0 Å². The molecule has 0 heterocycles. The molecule has 0 bridgehead atoms. The highest BCUT2D eigenvalue weighted by Gasteiger charge is 1.83. The Hall–Kier alpha value is -0.980. The fourth-order valence-corrected chi connectivity index (χ4v) is 0.566. The fraction of sp³-hybridized carbons (Fsp3) is 0.250. The van der Waals surface area contributed by atoms with Gasteiger partial charge in [-0.05, 0) is 25.0 Å². The SMILES string of the molecule is C=CCC(=C)/C=C(/C)N. The smallest absolute Gasteiger partial charge is 0.00515 e. The van der Waals surface area contributed by atoms with Crippen molar-refractivity contribution in [3.05, 3.63) is 36.6 Å². The molecule has 50 valence electrons. The molecule has 0 aromatic carbocycles. The molecule has 1 nitrogen and oxygen atoms in total. The van der Waals surface area contributed by atoms with Gasteiger partial charge in [0.1, 0.15) is 0 Å². The lowest BCUT2D eigenvalue weighted by atomic mass is 10.2. The highest BCUT2D eigenvalue weighted by Crippen LogP contribution is 2.00. The second-order valence-electron chi connectivity index (χ2n) is 2.04. The van der Waals surface area contributed by atoms with Gasteiger partial charge in [0.2, 0.25) is 0 Å². The molecule has 0 aliphatic rings. The Balaban J connectivity index is 3.76. The van der Waals surface area contributed by atoms with Crippen molar-refractivity contribution in [2.45, 2.75) is 13.3 Å². The lowest BCUT2D eigenvalue weighted by Crippen LogP contribution is -1.90. The normalized spacial score (nSPS) is 11.0. The Kier molecular flexibility index (Phi) is 3.52. The Morgan fingerprint density at radius 3 is 2.56 bits per heavy atom. The minimum atomic E-state index is 0.793. The summed E-state index contributed by atoms with van der Waals surface area (Å²) < 4.78 is 0. The summed E-state index contributed by atoms with van der Waals surface area (Å²) in [5.74, 6) is 0. The zero-order valence-electron chi connectivity index (χ0n) is 5.85. The molecule has 0 spiro atoms. The molecule has 0 aromatic rings. The minimum Gasteiger partial charge on any atom is -0.402 e. The average molecular weight is 123 g/mol. The summed E-state index contributed by atoms with van der Waals surface area (Å²) in [6, 6.07) is 0. The van der Waals surface area contributed by atoms with Crippen molar-refractivity contribution in [1.29, 1.82) is 0 Å². The van der Waals surface area contributed by atoms with Gasteiger partial charge in [0.05, 0.1) is 0 Å². The predicted octanol–water partition coefficient (Wildman–Crippen LogP) is 1.98. The summed E-state index contributed by atoms with van der Waals surface area (Å²) in [7, 11) is 0. The number of hydrogen-bond acceptors (Lipinski definition) is 1. The Labute approximate surface area is 56.6 Å². The lowest BCUT2D eigenvalue weighted by molar-refractivity contribution is 1.24. The van der Waals surface area contributed by atoms with Gasteiger partial charge in [0, 0.05) is 5.70 Å². The van der Waals surface area contributed by atoms with Crippen LogP contribution in [0.1, 0.15) is 13.3 Å². The molecule has 0 aromatic heterocycles. The number of rotatable bonds is 3. The van der Waals surface area contributed by atoms with Gasteiger partial charge in [-0.25, -0.2) is 0 Å². The molecule has 2 N–H and O–H groups in total. The molecule has 0 saturated heterocycles. The Bertz CT molecular complexity index is 139. The van der Waals surface area contributed by atoms with Crippen LogP contribution in [0.3, 0.4) is 0 Å². The molecule has 0 rings (SSSR count). The van der Waals surface area contributed by atoms with E-state index < -0.39 is 0 Å². The standard InChI is InChI=1S/C8H13N/c1-4-5-7(2)6-8(3)9/h4,6H,1-2,5,9H2,3H3/b8-6-. The molecule has 0 unspecified atom stereocenters. The van der Waals surface area contributed by atoms with E-state index in [1.807, 2.05) is 19.1 Å². The van der Waals surface area contributed by atoms with Gasteiger partial charge in [-0.3, -0.25) is 0 Å². The molecule has 0 aliphatic heterocycles. The van der Waals surface area contributed by atoms with Gasteiger partial charge in [0.15, 0.2) is 0 Å². The van der Waals surface area contributed by atoms with E-state index in [4.69, 9.17) is 5.73 Å². The second kappa shape index (κ2) is 3.96. The molecular formula is C8H13N. The van der Waals surface area contributed by atoms with Gasteiger partial charge in [-0.2, -0.15) is 0 Å². The number of nitrogens with two attached hydrogens (primary N) is 1. The van der Waals surface area contributed by atoms with Crippen molar-refractivity contribution >= 4 is 0 Å². The maximum atomic E-state index is 5.39. The number of hydrogen-bond donors (Lipinski definition) is 1. The first-order chi connectivity index (χ1) is 4.16. The van der Waals surface area contributed by atoms with Crippen LogP contribution in [0.5, 0.6) is 0 Å². The van der Waals surface area contributed by atoms with Crippen LogP contribution in [0.25, 0.3) is 0 Å². The van der Waals surface area contributed by atoms with Gasteiger partial charge < -0.3 is 5.73 Å². The molecule has 0 fully saturated rings. The summed E-state index contributed by atoms with van der Waals surface area (Å²) in [5.41, 5.74) is 7.19. The lowest BCUT2D eigenvalue weighted by Gasteiger charge is -1.93. The van der Waals surface area contributed by atoms with E-state index in [-0.39, 0.29) is 0 Å². The molecule has 1 heteroatoms. The van der Waals surface area contributed by atoms with E-state index in [9.17, 15) is 0 Å². The van der Waals surface area contributed by atoms with Crippen LogP contribution < -0.4 is 5.73 Å². The molecule has 0 saturated carbocycles. The monoisotopic (exact) mass is 123 g/mol. The first kappa shape index (κ1) is 8.02. The van der Waals surface area contributed by atoms with E-state index in [0.717, 1.165) is 17.7 Å². The number of allylic oxidation sites excluding steroid dienone is 4. The van der Waals surface area contributed by atoms with Crippen LogP contribution in [0.2, 0.25) is 0 Å². The second-order valence-corrected chi connectivity index (χ2v) is 2.04. The molecule has 0 atom stereocenters. The van der Waals surface area contributed by atoms with E-state index >= 15 is 0 Å². The first-order valence-corrected chi connectivity index (χ1v) is 2.89. The van der Waals surface area contributed by atoms with Crippen molar-refractivity contribution in [3.63, 3.8) is 0 Å². The summed E-state index contributed by atoms with van der Waals surface area (Å²) in [6.45, 7) is 9.18. The predicted molar refractivity (Wildman–Crippen MR) is 41.9 cm³/mol. The first-order valence-electron chi connectivity index (χ1n) is 2.89. The van der Waals surface area contributed by atoms with Gasteiger partial charge in [-0.1, -0.05) is 12.7 Å². The third kappa shape index (κ3) is 4.88. The summed E-state index contributed by atoms with van der Waals surface area (Å²) in [6.07, 6.45) is 4.47. The van der Waals surface area contributed by atoms with Crippen LogP contribution in [0.15, 0.2) is 36.6 Å². The summed E-state index contributed by atoms with van der Waals surface area (Å²) in [4.78, 5) is 0. The van der Waals surface area contributed by atoms with Crippen molar-refractivity contribution < 1.29 is 0 Å². The molecule has 9 heavy (non-hydrogen) atoms. The van der Waals surface area contributed by atoms with E-state index in [1.165, 1.54) is 0 Å². The quantitative estimate of drug-likeness (QED) is 0.450. The summed E-state index contributed by atoms with van der Waals surface area (Å²) >= 11 is 0. The third-order valence-electron chi connectivity index (χ3n) is 0.838. The van der Waals surface area contributed by atoms with Gasteiger partial charge >= 0.3 is 0 Å². The summed E-state index contributed by atoms with van der Waals surface area (Å²) in [5, 5.41) is 0. The van der Waals surface area contributed by atoms with Crippen LogP contribution in [0, 0.1) is 0 Å². The highest BCUT2D eigenvalue weighted by atomic mass is 14.5. The fourth-order valence-electron chi connectivity index (χ4n) is 0.566. The molecule has 0 radical (unpaired) electrons. The average Bonchev–Trinajstić information content (AvgIpc) is 1.63. The maximum absolute atomic E-state index is 5.39. The Morgan fingerprint density at radius 1 is 1.67 bits per heavy atom.